The number of carbonyl (C=O) groups is 2. The second kappa shape index (κ2) is 7.65. The Kier molecular flexibility index (Phi) is 5.29. The molecule has 2 aromatic rings. The summed E-state index contributed by atoms with van der Waals surface area (Å²) in [4.78, 5) is 30.2. The normalized spacial score (nSPS) is 17.1. The minimum atomic E-state index is -4.87. The highest BCUT2D eigenvalue weighted by Crippen LogP contribution is 2.31. The number of nitrogens with zero attached hydrogens (tertiary/aromatic N) is 2. The maximum absolute atomic E-state index is 12.5. The molecule has 0 aliphatic carbocycles. The number of anilines is 1. The minimum Gasteiger partial charge on any atom is -0.404 e. The fraction of sp³-hybridized carbons (Fsp3) is 0.278. The first-order valence-corrected chi connectivity index (χ1v) is 8.15. The first-order chi connectivity index (χ1) is 12.8. The zero-order valence-electron chi connectivity index (χ0n) is 14.1. The van der Waals surface area contributed by atoms with Crippen molar-refractivity contribution in [2.24, 2.45) is 5.92 Å². The molecule has 27 heavy (non-hydrogen) atoms. The predicted octanol–water partition coefficient (Wildman–Crippen LogP) is 2.97. The third-order valence-electron chi connectivity index (χ3n) is 4.03. The van der Waals surface area contributed by atoms with Crippen molar-refractivity contribution in [3.05, 3.63) is 54.4 Å². The second-order valence-electron chi connectivity index (χ2n) is 6.03. The van der Waals surface area contributed by atoms with Crippen LogP contribution in [0, 0.1) is 5.92 Å². The third kappa shape index (κ3) is 4.96. The number of amides is 2. The van der Waals surface area contributed by atoms with E-state index in [1.807, 2.05) is 0 Å². The lowest BCUT2D eigenvalue weighted by atomic mass is 10.1. The molecule has 0 radical (unpaired) electrons. The van der Waals surface area contributed by atoms with E-state index in [1.54, 1.807) is 24.4 Å². The van der Waals surface area contributed by atoms with Crippen LogP contribution in [0.15, 0.2) is 48.7 Å². The van der Waals surface area contributed by atoms with Gasteiger partial charge in [0.2, 0.25) is 11.8 Å². The van der Waals surface area contributed by atoms with E-state index in [0.717, 1.165) is 6.07 Å². The van der Waals surface area contributed by atoms with E-state index in [1.165, 1.54) is 23.1 Å². The summed E-state index contributed by atoms with van der Waals surface area (Å²) in [6.07, 6.45) is -3.28. The van der Waals surface area contributed by atoms with Crippen molar-refractivity contribution in [2.75, 3.05) is 11.9 Å². The number of ether oxygens (including phenoxy) is 1. The van der Waals surface area contributed by atoms with Gasteiger partial charge in [-0.25, -0.2) is 0 Å². The van der Waals surface area contributed by atoms with Gasteiger partial charge in [-0.1, -0.05) is 18.2 Å². The summed E-state index contributed by atoms with van der Waals surface area (Å²) in [6, 6.07) is 10.6. The molecule has 1 aromatic heterocycles. The van der Waals surface area contributed by atoms with Gasteiger partial charge in [0, 0.05) is 19.2 Å². The Bertz CT molecular complexity index is 827. The van der Waals surface area contributed by atoms with Crippen molar-refractivity contribution in [3.63, 3.8) is 0 Å². The van der Waals surface area contributed by atoms with Gasteiger partial charge < -0.3 is 15.0 Å². The molecule has 2 amide bonds. The number of aromatic nitrogens is 1. The molecule has 1 aromatic carbocycles. The molecule has 6 nitrogen and oxygen atoms in total. The van der Waals surface area contributed by atoms with E-state index < -0.39 is 23.9 Å². The standard InChI is InChI=1S/C18H16F3N3O3/c19-18(20,21)27-15-7-2-1-6-14(15)23-17(26)12-9-16(25)24(10-12)11-13-5-3-4-8-22-13/h1-8,12H,9-11H2,(H,23,26)/t12-/m1/s1. The Morgan fingerprint density at radius 3 is 2.67 bits per heavy atom. The van der Waals surface area contributed by atoms with Crippen LogP contribution >= 0.6 is 0 Å². The average Bonchev–Trinajstić information content (AvgIpc) is 2.97. The van der Waals surface area contributed by atoms with Crippen LogP contribution in [-0.4, -0.2) is 34.6 Å². The Labute approximate surface area is 152 Å². The van der Waals surface area contributed by atoms with Gasteiger partial charge in [0.15, 0.2) is 5.75 Å². The lowest BCUT2D eigenvalue weighted by Crippen LogP contribution is -2.28. The minimum absolute atomic E-state index is 0.0129. The summed E-state index contributed by atoms with van der Waals surface area (Å²) in [6.45, 7) is 0.445. The number of nitrogens with one attached hydrogen (secondary N) is 1. The number of hydrogen-bond acceptors (Lipinski definition) is 4. The van der Waals surface area contributed by atoms with Gasteiger partial charge in [-0.2, -0.15) is 0 Å². The van der Waals surface area contributed by atoms with Crippen LogP contribution in [0.4, 0.5) is 18.9 Å². The number of hydrogen-bond donors (Lipinski definition) is 1. The van der Waals surface area contributed by atoms with Crippen molar-refractivity contribution in [1.29, 1.82) is 0 Å². The Hall–Kier alpha value is -3.10. The highest BCUT2D eigenvalue weighted by Gasteiger charge is 2.36. The monoisotopic (exact) mass is 379 g/mol. The van der Waals surface area contributed by atoms with Crippen molar-refractivity contribution in [1.82, 2.24) is 9.88 Å². The van der Waals surface area contributed by atoms with Crippen LogP contribution < -0.4 is 10.1 Å². The Morgan fingerprint density at radius 2 is 1.96 bits per heavy atom. The maximum Gasteiger partial charge on any atom is 0.573 e. The molecule has 1 saturated heterocycles. The zero-order valence-corrected chi connectivity index (χ0v) is 14.1. The van der Waals surface area contributed by atoms with Gasteiger partial charge in [0.25, 0.3) is 0 Å². The topological polar surface area (TPSA) is 71.5 Å². The lowest BCUT2D eigenvalue weighted by Gasteiger charge is -2.17. The number of halogens is 3. The number of pyridine rings is 1. The SMILES string of the molecule is O=C(Nc1ccccc1OC(F)(F)F)[C@@H]1CC(=O)N(Cc2ccccn2)C1. The van der Waals surface area contributed by atoms with Crippen LogP contribution in [0.5, 0.6) is 5.75 Å². The number of likely N-dealkylation sites (tertiary alicyclic amines) is 1. The Balaban J connectivity index is 1.65. The smallest absolute Gasteiger partial charge is 0.404 e. The molecule has 0 bridgehead atoms. The molecular weight excluding hydrogens is 363 g/mol. The fourth-order valence-electron chi connectivity index (χ4n) is 2.81. The molecule has 0 unspecified atom stereocenters. The molecule has 2 heterocycles. The molecule has 3 rings (SSSR count). The highest BCUT2D eigenvalue weighted by atomic mass is 19.4. The number of para-hydroxylation sites is 2. The van der Waals surface area contributed by atoms with Crippen LogP contribution in [0.25, 0.3) is 0 Å². The molecule has 1 aliphatic rings. The molecule has 1 atom stereocenters. The van der Waals surface area contributed by atoms with Gasteiger partial charge in [-0.15, -0.1) is 13.2 Å². The van der Waals surface area contributed by atoms with Crippen LogP contribution in [0.2, 0.25) is 0 Å². The third-order valence-corrected chi connectivity index (χ3v) is 4.03. The van der Waals surface area contributed by atoms with Crippen molar-refractivity contribution < 1.29 is 27.5 Å². The van der Waals surface area contributed by atoms with Crippen LogP contribution in [0.3, 0.4) is 0 Å². The zero-order chi connectivity index (χ0) is 19.4. The summed E-state index contributed by atoms with van der Waals surface area (Å²) in [5.74, 6) is -1.92. The van der Waals surface area contributed by atoms with E-state index in [9.17, 15) is 22.8 Å². The highest BCUT2D eigenvalue weighted by molar-refractivity contribution is 5.98. The van der Waals surface area contributed by atoms with Crippen LogP contribution in [0.1, 0.15) is 12.1 Å². The molecule has 1 fully saturated rings. The van der Waals surface area contributed by atoms with E-state index >= 15 is 0 Å². The summed E-state index contributed by atoms with van der Waals surface area (Å²) in [7, 11) is 0. The van der Waals surface area contributed by atoms with Gasteiger partial charge in [-0.3, -0.25) is 14.6 Å². The quantitative estimate of drug-likeness (QED) is 0.867. The van der Waals surface area contributed by atoms with Gasteiger partial charge in [-0.05, 0) is 24.3 Å². The molecule has 1 aliphatic heterocycles. The van der Waals surface area contributed by atoms with Crippen molar-refractivity contribution in [3.8, 4) is 5.75 Å². The molecule has 142 valence electrons. The number of rotatable bonds is 5. The first kappa shape index (κ1) is 18.7. The fourth-order valence-corrected chi connectivity index (χ4v) is 2.81. The molecule has 1 N–H and O–H groups in total. The number of carbonyl (C=O) groups excluding carboxylic acids is 2. The molecule has 0 spiro atoms. The van der Waals surface area contributed by atoms with Crippen LogP contribution in [-0.2, 0) is 16.1 Å². The predicted molar refractivity (Wildman–Crippen MR) is 89.5 cm³/mol. The molecule has 9 heteroatoms. The largest absolute Gasteiger partial charge is 0.573 e. The van der Waals surface area contributed by atoms with Gasteiger partial charge in [0.1, 0.15) is 0 Å². The maximum atomic E-state index is 12.5. The van der Waals surface area contributed by atoms with E-state index in [-0.39, 0.29) is 31.1 Å². The van der Waals surface area contributed by atoms with Gasteiger partial charge in [0.05, 0.1) is 23.8 Å². The Morgan fingerprint density at radius 1 is 1.22 bits per heavy atom. The second-order valence-corrected chi connectivity index (χ2v) is 6.03. The summed E-state index contributed by atoms with van der Waals surface area (Å²) >= 11 is 0. The van der Waals surface area contributed by atoms with E-state index in [4.69, 9.17) is 0 Å². The lowest BCUT2D eigenvalue weighted by molar-refractivity contribution is -0.274. The summed E-state index contributed by atoms with van der Waals surface area (Å²) in [5, 5.41) is 2.42. The van der Waals surface area contributed by atoms with Crippen molar-refractivity contribution in [2.45, 2.75) is 19.3 Å². The van der Waals surface area contributed by atoms with Gasteiger partial charge >= 0.3 is 6.36 Å². The number of benzene rings is 1. The van der Waals surface area contributed by atoms with Crippen molar-refractivity contribution >= 4 is 17.5 Å². The first-order valence-electron chi connectivity index (χ1n) is 8.15. The number of alkyl halides is 3. The molecular formula is C18H16F3N3O3. The molecule has 0 saturated carbocycles. The summed E-state index contributed by atoms with van der Waals surface area (Å²) < 4.78 is 41.3. The average molecular weight is 379 g/mol. The summed E-state index contributed by atoms with van der Waals surface area (Å²) in [5.41, 5.74) is 0.589. The van der Waals surface area contributed by atoms with E-state index in [2.05, 4.69) is 15.0 Å². The van der Waals surface area contributed by atoms with E-state index in [0.29, 0.717) is 5.69 Å².